The van der Waals surface area contributed by atoms with Crippen molar-refractivity contribution in [3.05, 3.63) is 0 Å². The maximum Gasteiger partial charge on any atom is 0.0936 e. The van der Waals surface area contributed by atoms with Gasteiger partial charge in [0.1, 0.15) is 0 Å². The number of rotatable bonds is 5. The molecule has 2 rings (SSSR count). The van der Waals surface area contributed by atoms with Crippen molar-refractivity contribution in [1.29, 1.82) is 0 Å². The van der Waals surface area contributed by atoms with Gasteiger partial charge in [0, 0.05) is 13.7 Å². The van der Waals surface area contributed by atoms with Gasteiger partial charge in [-0.05, 0) is 38.5 Å². The van der Waals surface area contributed by atoms with Crippen LogP contribution in [0, 0.1) is 0 Å². The SMILES string of the molecule is COC1(C(O)CCC2CCCO2)CCCCCC1. The molecule has 3 heteroatoms. The molecule has 2 unspecified atom stereocenters. The third kappa shape index (κ3) is 3.46. The zero-order chi connectivity index (χ0) is 12.8. The van der Waals surface area contributed by atoms with Crippen LogP contribution in [0.1, 0.15) is 64.2 Å². The number of hydrogen-bond acceptors (Lipinski definition) is 3. The van der Waals surface area contributed by atoms with Gasteiger partial charge in [0.15, 0.2) is 0 Å². The molecule has 0 aromatic heterocycles. The molecule has 0 radical (unpaired) electrons. The molecular weight excluding hydrogens is 228 g/mol. The summed E-state index contributed by atoms with van der Waals surface area (Å²) in [4.78, 5) is 0. The molecule has 106 valence electrons. The molecule has 0 aromatic carbocycles. The molecule has 2 fully saturated rings. The van der Waals surface area contributed by atoms with Crippen LogP contribution in [0.5, 0.6) is 0 Å². The molecule has 1 aliphatic heterocycles. The maximum atomic E-state index is 10.5. The van der Waals surface area contributed by atoms with Gasteiger partial charge >= 0.3 is 0 Å². The fraction of sp³-hybridized carbons (Fsp3) is 1.00. The van der Waals surface area contributed by atoms with Crippen LogP contribution < -0.4 is 0 Å². The highest BCUT2D eigenvalue weighted by molar-refractivity contribution is 4.90. The predicted molar refractivity (Wildman–Crippen MR) is 71.7 cm³/mol. The van der Waals surface area contributed by atoms with Crippen molar-refractivity contribution >= 4 is 0 Å². The van der Waals surface area contributed by atoms with Crippen molar-refractivity contribution in [2.45, 2.75) is 82.0 Å². The highest BCUT2D eigenvalue weighted by atomic mass is 16.5. The van der Waals surface area contributed by atoms with Crippen LogP contribution in [0.15, 0.2) is 0 Å². The third-order valence-electron chi connectivity index (χ3n) is 4.75. The van der Waals surface area contributed by atoms with E-state index in [4.69, 9.17) is 9.47 Å². The van der Waals surface area contributed by atoms with Crippen molar-refractivity contribution in [3.63, 3.8) is 0 Å². The second-order valence-corrected chi connectivity index (χ2v) is 5.91. The molecule has 0 amide bonds. The second kappa shape index (κ2) is 6.88. The minimum atomic E-state index is -0.329. The van der Waals surface area contributed by atoms with Crippen molar-refractivity contribution in [3.8, 4) is 0 Å². The van der Waals surface area contributed by atoms with Gasteiger partial charge in [-0.3, -0.25) is 0 Å². The van der Waals surface area contributed by atoms with Gasteiger partial charge in [0.2, 0.25) is 0 Å². The molecule has 1 saturated carbocycles. The Kier molecular flexibility index (Phi) is 5.46. The molecular formula is C15H28O3. The Bertz CT molecular complexity index is 228. The van der Waals surface area contributed by atoms with Gasteiger partial charge < -0.3 is 14.6 Å². The molecule has 2 atom stereocenters. The molecule has 1 saturated heterocycles. The van der Waals surface area contributed by atoms with Gasteiger partial charge in [-0.15, -0.1) is 0 Å². The minimum absolute atomic E-state index is 0.283. The Labute approximate surface area is 111 Å². The van der Waals surface area contributed by atoms with Gasteiger partial charge in [-0.2, -0.15) is 0 Å². The summed E-state index contributed by atoms with van der Waals surface area (Å²) in [7, 11) is 1.76. The average Bonchev–Trinajstić information content (AvgIpc) is 2.79. The van der Waals surface area contributed by atoms with E-state index >= 15 is 0 Å². The van der Waals surface area contributed by atoms with Crippen LogP contribution in [-0.4, -0.2) is 36.6 Å². The Balaban J connectivity index is 1.84. The summed E-state index contributed by atoms with van der Waals surface area (Å²) >= 11 is 0. The van der Waals surface area contributed by atoms with Crippen molar-refractivity contribution in [2.75, 3.05) is 13.7 Å². The molecule has 1 aliphatic carbocycles. The summed E-state index contributed by atoms with van der Waals surface area (Å²) in [5.41, 5.74) is -0.283. The molecule has 1 N–H and O–H groups in total. The van der Waals surface area contributed by atoms with Gasteiger partial charge in [-0.25, -0.2) is 0 Å². The van der Waals surface area contributed by atoms with E-state index in [2.05, 4.69) is 0 Å². The first-order valence-electron chi connectivity index (χ1n) is 7.62. The Hall–Kier alpha value is -0.120. The van der Waals surface area contributed by atoms with E-state index in [0.29, 0.717) is 6.10 Å². The summed E-state index contributed by atoms with van der Waals surface area (Å²) in [6, 6.07) is 0. The van der Waals surface area contributed by atoms with E-state index in [1.165, 1.54) is 32.1 Å². The lowest BCUT2D eigenvalue weighted by Gasteiger charge is -2.36. The molecule has 2 aliphatic rings. The van der Waals surface area contributed by atoms with E-state index in [0.717, 1.165) is 38.7 Å². The van der Waals surface area contributed by atoms with E-state index in [-0.39, 0.29) is 11.7 Å². The Morgan fingerprint density at radius 1 is 1.22 bits per heavy atom. The molecule has 0 bridgehead atoms. The van der Waals surface area contributed by atoms with Gasteiger partial charge in [-0.1, -0.05) is 25.7 Å². The average molecular weight is 256 g/mol. The number of aliphatic hydroxyl groups excluding tert-OH is 1. The summed E-state index contributed by atoms with van der Waals surface area (Å²) in [6.45, 7) is 0.899. The fourth-order valence-corrected chi connectivity index (χ4v) is 3.48. The lowest BCUT2D eigenvalue weighted by molar-refractivity contribution is -0.116. The predicted octanol–water partition coefficient (Wildman–Crippen LogP) is 3.05. The highest BCUT2D eigenvalue weighted by Crippen LogP contribution is 2.35. The molecule has 1 heterocycles. The van der Waals surface area contributed by atoms with Crippen LogP contribution in [-0.2, 0) is 9.47 Å². The maximum absolute atomic E-state index is 10.5. The molecule has 3 nitrogen and oxygen atoms in total. The van der Waals surface area contributed by atoms with Crippen LogP contribution in [0.2, 0.25) is 0 Å². The smallest absolute Gasteiger partial charge is 0.0936 e. The summed E-state index contributed by atoms with van der Waals surface area (Å²) in [5, 5.41) is 10.5. The summed E-state index contributed by atoms with van der Waals surface area (Å²) < 4.78 is 11.4. The third-order valence-corrected chi connectivity index (χ3v) is 4.75. The fourth-order valence-electron chi connectivity index (χ4n) is 3.48. The normalized spacial score (nSPS) is 30.0. The van der Waals surface area contributed by atoms with Crippen LogP contribution >= 0.6 is 0 Å². The van der Waals surface area contributed by atoms with Crippen LogP contribution in [0.25, 0.3) is 0 Å². The first kappa shape index (κ1) is 14.3. The highest BCUT2D eigenvalue weighted by Gasteiger charge is 2.38. The largest absolute Gasteiger partial charge is 0.390 e. The van der Waals surface area contributed by atoms with E-state index in [1.807, 2.05) is 0 Å². The topological polar surface area (TPSA) is 38.7 Å². The van der Waals surface area contributed by atoms with E-state index < -0.39 is 0 Å². The lowest BCUT2D eigenvalue weighted by Crippen LogP contribution is -2.44. The quantitative estimate of drug-likeness (QED) is 0.768. The van der Waals surface area contributed by atoms with Gasteiger partial charge in [0.05, 0.1) is 17.8 Å². The summed E-state index contributed by atoms with van der Waals surface area (Å²) in [6.07, 6.45) is 11.1. The Morgan fingerprint density at radius 3 is 2.50 bits per heavy atom. The van der Waals surface area contributed by atoms with Crippen molar-refractivity contribution in [2.24, 2.45) is 0 Å². The van der Waals surface area contributed by atoms with Crippen LogP contribution in [0.3, 0.4) is 0 Å². The van der Waals surface area contributed by atoms with Crippen molar-refractivity contribution < 1.29 is 14.6 Å². The zero-order valence-corrected chi connectivity index (χ0v) is 11.7. The first-order valence-corrected chi connectivity index (χ1v) is 7.62. The van der Waals surface area contributed by atoms with E-state index in [1.54, 1.807) is 7.11 Å². The standard InChI is InChI=1S/C15H28O3/c1-17-15(10-4-2-3-5-11-15)14(16)9-8-13-7-6-12-18-13/h13-14,16H,2-12H2,1H3. The molecule has 0 spiro atoms. The summed E-state index contributed by atoms with van der Waals surface area (Å²) in [5.74, 6) is 0. The second-order valence-electron chi connectivity index (χ2n) is 5.91. The van der Waals surface area contributed by atoms with Crippen LogP contribution in [0.4, 0.5) is 0 Å². The number of ether oxygens (including phenoxy) is 2. The number of aliphatic hydroxyl groups is 1. The minimum Gasteiger partial charge on any atom is -0.390 e. The zero-order valence-electron chi connectivity index (χ0n) is 11.7. The van der Waals surface area contributed by atoms with Crippen molar-refractivity contribution in [1.82, 2.24) is 0 Å². The number of hydrogen-bond donors (Lipinski definition) is 1. The molecule has 0 aromatic rings. The van der Waals surface area contributed by atoms with Gasteiger partial charge in [0.25, 0.3) is 0 Å². The Morgan fingerprint density at radius 2 is 1.94 bits per heavy atom. The number of methoxy groups -OCH3 is 1. The molecule has 18 heavy (non-hydrogen) atoms. The van der Waals surface area contributed by atoms with E-state index in [9.17, 15) is 5.11 Å². The monoisotopic (exact) mass is 256 g/mol. The first-order chi connectivity index (χ1) is 8.77. The lowest BCUT2D eigenvalue weighted by atomic mass is 9.85.